The van der Waals surface area contributed by atoms with Crippen LogP contribution in [0.5, 0.6) is 0 Å². The number of carbonyl (C=O) groups is 1. The number of rotatable bonds is 4. The number of halogens is 3. The number of hydrogen-bond donors (Lipinski definition) is 0. The second-order valence-electron chi connectivity index (χ2n) is 6.09. The summed E-state index contributed by atoms with van der Waals surface area (Å²) in [5.74, 6) is -0.542. The van der Waals surface area contributed by atoms with E-state index in [0.29, 0.717) is 18.6 Å². The van der Waals surface area contributed by atoms with Gasteiger partial charge < -0.3 is 4.74 Å². The summed E-state index contributed by atoms with van der Waals surface area (Å²) >= 11 is 0. The molecule has 3 rings (SSSR count). The van der Waals surface area contributed by atoms with E-state index in [0.717, 1.165) is 24.1 Å². The van der Waals surface area contributed by atoms with E-state index in [2.05, 4.69) is 0 Å². The van der Waals surface area contributed by atoms with Crippen LogP contribution >= 0.6 is 0 Å². The predicted molar refractivity (Wildman–Crippen MR) is 83.2 cm³/mol. The topological polar surface area (TPSA) is 26.3 Å². The fourth-order valence-corrected chi connectivity index (χ4v) is 3.06. The number of ether oxygens (including phenoxy) is 1. The molecule has 0 aromatic heterocycles. The van der Waals surface area contributed by atoms with Gasteiger partial charge in [0.1, 0.15) is 0 Å². The zero-order valence-corrected chi connectivity index (χ0v) is 12.9. The molecule has 2 atom stereocenters. The molecular weight excluding hydrogens is 317 g/mol. The van der Waals surface area contributed by atoms with Gasteiger partial charge >= 0.3 is 12.1 Å². The monoisotopic (exact) mass is 334 g/mol. The minimum atomic E-state index is -4.35. The van der Waals surface area contributed by atoms with Crippen molar-refractivity contribution in [2.24, 2.45) is 11.8 Å². The Hall–Kier alpha value is -2.30. The second kappa shape index (κ2) is 6.67. The van der Waals surface area contributed by atoms with Crippen molar-refractivity contribution in [2.75, 3.05) is 6.61 Å². The van der Waals surface area contributed by atoms with Gasteiger partial charge in [0.05, 0.1) is 18.1 Å². The van der Waals surface area contributed by atoms with E-state index in [-0.39, 0.29) is 17.8 Å². The first-order valence-electron chi connectivity index (χ1n) is 7.80. The molecule has 2 aromatic carbocycles. The maximum Gasteiger partial charge on any atom is 0.416 e. The largest absolute Gasteiger partial charge is 0.465 e. The molecular formula is C19H17F3O2. The van der Waals surface area contributed by atoms with Crippen molar-refractivity contribution in [1.29, 1.82) is 0 Å². The van der Waals surface area contributed by atoms with Crippen molar-refractivity contribution < 1.29 is 22.7 Å². The lowest BCUT2D eigenvalue weighted by Gasteiger charge is -2.16. The van der Waals surface area contributed by atoms with Crippen LogP contribution in [0, 0.1) is 11.8 Å². The van der Waals surface area contributed by atoms with Gasteiger partial charge in [-0.3, -0.25) is 4.79 Å². The number of benzene rings is 2. The van der Waals surface area contributed by atoms with Crippen LogP contribution in [-0.4, -0.2) is 12.6 Å². The van der Waals surface area contributed by atoms with Gasteiger partial charge in [0.2, 0.25) is 0 Å². The molecule has 1 aliphatic heterocycles. The smallest absolute Gasteiger partial charge is 0.416 e. The van der Waals surface area contributed by atoms with Crippen molar-refractivity contribution in [1.82, 2.24) is 0 Å². The first kappa shape index (κ1) is 16.6. The van der Waals surface area contributed by atoms with E-state index in [1.54, 1.807) is 0 Å². The van der Waals surface area contributed by atoms with Crippen LogP contribution in [-0.2, 0) is 28.5 Å². The Morgan fingerprint density at radius 3 is 2.17 bits per heavy atom. The first-order chi connectivity index (χ1) is 11.4. The Balaban J connectivity index is 1.71. The molecule has 0 aliphatic carbocycles. The normalized spacial score (nSPS) is 20.9. The lowest BCUT2D eigenvalue weighted by molar-refractivity contribution is -0.141. The minimum absolute atomic E-state index is 0.0437. The molecule has 0 radical (unpaired) electrons. The standard InChI is InChI=1S/C19H17F3O2/c20-19(21,22)16-8-6-14(7-9-16)11-17-15(12-24-18(17)23)10-13-4-2-1-3-5-13/h1-9,15,17H,10-12H2/t15-,17+/m0/s1. The molecule has 0 unspecified atom stereocenters. The predicted octanol–water partition coefficient (Wildman–Crippen LogP) is 4.28. The molecule has 0 spiro atoms. The summed E-state index contributed by atoms with van der Waals surface area (Å²) in [5, 5.41) is 0. The maximum absolute atomic E-state index is 12.6. The molecule has 0 saturated carbocycles. The van der Waals surface area contributed by atoms with Gasteiger partial charge in [-0.15, -0.1) is 0 Å². The zero-order chi connectivity index (χ0) is 17.2. The molecule has 0 N–H and O–H groups in total. The summed E-state index contributed by atoms with van der Waals surface area (Å²) in [4.78, 5) is 12.0. The zero-order valence-electron chi connectivity index (χ0n) is 12.9. The number of carbonyl (C=O) groups excluding carboxylic acids is 1. The third-order valence-electron chi connectivity index (χ3n) is 4.39. The Morgan fingerprint density at radius 1 is 0.917 bits per heavy atom. The molecule has 1 saturated heterocycles. The van der Waals surface area contributed by atoms with Gasteiger partial charge in [-0.1, -0.05) is 42.5 Å². The average molecular weight is 334 g/mol. The summed E-state index contributed by atoms with van der Waals surface area (Å²) in [6.07, 6.45) is -3.23. The SMILES string of the molecule is O=C1OC[C@H](Cc2ccccc2)[C@H]1Cc1ccc(C(F)(F)F)cc1. The molecule has 5 heteroatoms. The third-order valence-corrected chi connectivity index (χ3v) is 4.39. The van der Waals surface area contributed by atoms with Crippen molar-refractivity contribution >= 4 is 5.97 Å². The van der Waals surface area contributed by atoms with E-state index < -0.39 is 11.7 Å². The number of alkyl halides is 3. The van der Waals surface area contributed by atoms with Crippen LogP contribution in [0.3, 0.4) is 0 Å². The molecule has 1 heterocycles. The van der Waals surface area contributed by atoms with E-state index in [1.807, 2.05) is 30.3 Å². The number of cyclic esters (lactones) is 1. The lowest BCUT2D eigenvalue weighted by Crippen LogP contribution is -2.20. The number of hydrogen-bond acceptors (Lipinski definition) is 2. The minimum Gasteiger partial charge on any atom is -0.465 e. The summed E-state index contributed by atoms with van der Waals surface area (Å²) < 4.78 is 43.0. The molecule has 2 aromatic rings. The van der Waals surface area contributed by atoms with Crippen molar-refractivity contribution in [3.8, 4) is 0 Å². The Morgan fingerprint density at radius 2 is 1.54 bits per heavy atom. The van der Waals surface area contributed by atoms with Crippen molar-refractivity contribution in [3.63, 3.8) is 0 Å². The van der Waals surface area contributed by atoms with Crippen LogP contribution in [0.1, 0.15) is 16.7 Å². The molecule has 0 amide bonds. The van der Waals surface area contributed by atoms with E-state index >= 15 is 0 Å². The highest BCUT2D eigenvalue weighted by Gasteiger charge is 2.37. The van der Waals surface area contributed by atoms with Gasteiger partial charge in [-0.25, -0.2) is 0 Å². The number of esters is 1. The van der Waals surface area contributed by atoms with Gasteiger partial charge in [-0.05, 0) is 36.1 Å². The fraction of sp³-hybridized carbons (Fsp3) is 0.316. The third kappa shape index (κ3) is 3.78. The van der Waals surface area contributed by atoms with Crippen LogP contribution in [0.4, 0.5) is 13.2 Å². The highest BCUT2D eigenvalue weighted by molar-refractivity contribution is 5.75. The Bertz CT molecular complexity index is 693. The van der Waals surface area contributed by atoms with Gasteiger partial charge in [0, 0.05) is 5.92 Å². The molecule has 126 valence electrons. The van der Waals surface area contributed by atoms with Crippen molar-refractivity contribution in [3.05, 3.63) is 71.3 Å². The molecule has 1 fully saturated rings. The Labute approximate surface area is 138 Å². The molecule has 0 bridgehead atoms. The fourth-order valence-electron chi connectivity index (χ4n) is 3.06. The summed E-state index contributed by atoms with van der Waals surface area (Å²) in [6, 6.07) is 14.8. The molecule has 24 heavy (non-hydrogen) atoms. The second-order valence-corrected chi connectivity index (χ2v) is 6.09. The van der Waals surface area contributed by atoms with Gasteiger partial charge in [0.25, 0.3) is 0 Å². The van der Waals surface area contributed by atoms with Gasteiger partial charge in [0.15, 0.2) is 0 Å². The van der Waals surface area contributed by atoms with Crippen LogP contribution in [0.2, 0.25) is 0 Å². The van der Waals surface area contributed by atoms with Gasteiger partial charge in [-0.2, -0.15) is 13.2 Å². The van der Waals surface area contributed by atoms with Crippen molar-refractivity contribution in [2.45, 2.75) is 19.0 Å². The Kier molecular flexibility index (Phi) is 4.60. The lowest BCUT2D eigenvalue weighted by atomic mass is 9.85. The highest BCUT2D eigenvalue weighted by atomic mass is 19.4. The molecule has 2 nitrogen and oxygen atoms in total. The van der Waals surface area contributed by atoms with Crippen LogP contribution in [0.25, 0.3) is 0 Å². The average Bonchev–Trinajstić information content (AvgIpc) is 2.89. The summed E-state index contributed by atoms with van der Waals surface area (Å²) in [6.45, 7) is 0.360. The first-order valence-corrected chi connectivity index (χ1v) is 7.80. The van der Waals surface area contributed by atoms with E-state index in [1.165, 1.54) is 12.1 Å². The van der Waals surface area contributed by atoms with Crippen LogP contribution < -0.4 is 0 Å². The highest BCUT2D eigenvalue weighted by Crippen LogP contribution is 2.32. The van der Waals surface area contributed by atoms with Crippen LogP contribution in [0.15, 0.2) is 54.6 Å². The summed E-state index contributed by atoms with van der Waals surface area (Å²) in [5.41, 5.74) is 1.16. The maximum atomic E-state index is 12.6. The van der Waals surface area contributed by atoms with E-state index in [4.69, 9.17) is 4.74 Å². The van der Waals surface area contributed by atoms with E-state index in [9.17, 15) is 18.0 Å². The molecule has 1 aliphatic rings. The summed E-state index contributed by atoms with van der Waals surface area (Å²) in [7, 11) is 0. The quantitative estimate of drug-likeness (QED) is 0.780.